The van der Waals surface area contributed by atoms with Crippen LogP contribution in [0.25, 0.3) is 6.08 Å². The molecule has 0 unspecified atom stereocenters. The van der Waals surface area contributed by atoms with E-state index in [4.69, 9.17) is 4.74 Å². The number of aliphatic carboxylic acids is 1. The number of halogens is 1. The van der Waals surface area contributed by atoms with Crippen molar-refractivity contribution in [2.24, 2.45) is 0 Å². The molecule has 0 radical (unpaired) electrons. The molecular weight excluding hydrogens is 382 g/mol. The third-order valence-corrected chi connectivity index (χ3v) is 4.24. The van der Waals surface area contributed by atoms with E-state index >= 15 is 0 Å². The topological polar surface area (TPSA) is 90.9 Å². The molecule has 1 aromatic heterocycles. The number of benzene rings is 1. The lowest BCUT2D eigenvalue weighted by atomic mass is 10.2. The van der Waals surface area contributed by atoms with Crippen molar-refractivity contribution in [1.82, 2.24) is 15.2 Å². The molecule has 23 heavy (non-hydrogen) atoms. The summed E-state index contributed by atoms with van der Waals surface area (Å²) >= 11 is 4.29. The highest BCUT2D eigenvalue weighted by atomic mass is 79.9. The smallest absolute Gasteiger partial charge is 0.213 e. The van der Waals surface area contributed by atoms with Crippen molar-refractivity contribution in [2.75, 3.05) is 7.11 Å². The molecule has 8 heteroatoms. The minimum atomic E-state index is -1.29. The monoisotopic (exact) mass is 396 g/mol. The van der Waals surface area contributed by atoms with Gasteiger partial charge in [-0.1, -0.05) is 22.9 Å². The number of carbonyl (C=O) groups excluding carboxylic acids is 1. The summed E-state index contributed by atoms with van der Waals surface area (Å²) in [7, 11) is 1.53. The Labute approximate surface area is 146 Å². The van der Waals surface area contributed by atoms with Gasteiger partial charge in [0.05, 0.1) is 13.1 Å². The zero-order valence-corrected chi connectivity index (χ0v) is 15.0. The number of nitrogens with one attached hydrogen (secondary N) is 1. The number of carboxylic acids is 1. The van der Waals surface area contributed by atoms with Crippen LogP contribution in [-0.2, 0) is 11.2 Å². The van der Waals surface area contributed by atoms with Gasteiger partial charge in [-0.05, 0) is 42.5 Å². The summed E-state index contributed by atoms with van der Waals surface area (Å²) in [5.74, 6) is 0.000753. The first-order chi connectivity index (χ1) is 11.0. The number of ether oxygens (including phenoxy) is 1. The molecule has 0 aliphatic heterocycles. The Bertz CT molecular complexity index is 731. The van der Waals surface area contributed by atoms with Gasteiger partial charge in [0.25, 0.3) is 0 Å². The molecule has 0 saturated carbocycles. The average Bonchev–Trinajstić information content (AvgIpc) is 2.94. The number of hydrogen-bond acceptors (Lipinski definition) is 6. The quantitative estimate of drug-likeness (QED) is 0.570. The molecule has 2 rings (SSSR count). The number of H-pyrrole nitrogens is 1. The largest absolute Gasteiger partial charge is 0.544 e. The number of rotatable bonds is 7. The van der Waals surface area contributed by atoms with E-state index in [9.17, 15) is 9.90 Å². The molecule has 0 aliphatic rings. The van der Waals surface area contributed by atoms with Crippen molar-refractivity contribution in [3.05, 3.63) is 39.0 Å². The zero-order valence-electron chi connectivity index (χ0n) is 12.6. The van der Waals surface area contributed by atoms with E-state index in [1.54, 1.807) is 12.1 Å². The van der Waals surface area contributed by atoms with Crippen LogP contribution in [0.1, 0.15) is 24.7 Å². The molecule has 0 saturated heterocycles. The number of carboxylic acid groups (broad SMARTS) is 1. The van der Waals surface area contributed by atoms with Crippen molar-refractivity contribution in [3.8, 4) is 5.75 Å². The summed E-state index contributed by atoms with van der Waals surface area (Å²) in [6, 6.07) is 5.33. The molecule has 1 aromatic carbocycles. The lowest BCUT2D eigenvalue weighted by Crippen LogP contribution is -2.23. The van der Waals surface area contributed by atoms with Gasteiger partial charge in [-0.2, -0.15) is 0 Å². The van der Waals surface area contributed by atoms with Gasteiger partial charge in [-0.25, -0.2) is 4.98 Å². The fraction of sp³-hybridized carbons (Fsp3) is 0.267. The molecule has 0 aliphatic carbocycles. The lowest BCUT2D eigenvalue weighted by molar-refractivity contribution is -0.297. The second-order valence-corrected chi connectivity index (χ2v) is 6.52. The van der Waals surface area contributed by atoms with Gasteiger partial charge in [-0.15, -0.1) is 5.10 Å². The molecule has 1 N–H and O–H groups in total. The lowest BCUT2D eigenvalue weighted by Gasteiger charge is -2.09. The molecular formula is C15H15BrN3O3S-. The van der Waals surface area contributed by atoms with Gasteiger partial charge in [0.2, 0.25) is 5.16 Å². The summed E-state index contributed by atoms with van der Waals surface area (Å²) < 4.78 is 6.06. The molecule has 0 bridgehead atoms. The number of thioether (sulfide) groups is 1. The Hall–Kier alpha value is -1.80. The van der Waals surface area contributed by atoms with Crippen LogP contribution in [-0.4, -0.2) is 28.3 Å². The number of nitrogens with zero attached hydrogens (tertiary/aromatic N) is 2. The summed E-state index contributed by atoms with van der Waals surface area (Å²) in [4.78, 5) is 15.7. The van der Waals surface area contributed by atoms with E-state index < -0.39 is 5.97 Å². The van der Waals surface area contributed by atoms with Gasteiger partial charge < -0.3 is 14.6 Å². The number of aryl methyl sites for hydroxylation is 1. The van der Waals surface area contributed by atoms with Crippen molar-refractivity contribution < 1.29 is 14.6 Å². The molecule has 0 spiro atoms. The highest BCUT2D eigenvalue weighted by molar-refractivity contribution is 9.10. The third-order valence-electron chi connectivity index (χ3n) is 2.88. The van der Waals surface area contributed by atoms with Crippen molar-refractivity contribution in [1.29, 1.82) is 0 Å². The predicted octanol–water partition coefficient (Wildman–Crippen LogP) is 2.41. The standard InChI is InChI=1S/C15H16BrN3O3S/c1-3-4-13-17-15(19-18-13)23-12(14(20)21)8-9-7-10(16)5-6-11(9)22-2/h5-8H,3-4H2,1-2H3,(H,20,21)(H,17,18,19)/p-1/b12-8-. The van der Waals surface area contributed by atoms with Crippen LogP contribution in [0.2, 0.25) is 0 Å². The summed E-state index contributed by atoms with van der Waals surface area (Å²) in [6.07, 6.45) is 3.18. The molecule has 1 heterocycles. The van der Waals surface area contributed by atoms with E-state index in [1.165, 1.54) is 13.2 Å². The summed E-state index contributed by atoms with van der Waals surface area (Å²) in [6.45, 7) is 2.03. The van der Waals surface area contributed by atoms with E-state index in [2.05, 4.69) is 31.1 Å². The third kappa shape index (κ3) is 4.84. The number of carbonyl (C=O) groups is 1. The number of aromatic amines is 1. The minimum absolute atomic E-state index is 0.00319. The molecule has 122 valence electrons. The Balaban J connectivity index is 2.30. The Morgan fingerprint density at radius 3 is 2.96 bits per heavy atom. The second kappa shape index (κ2) is 8.16. The fourth-order valence-electron chi connectivity index (χ4n) is 1.86. The van der Waals surface area contributed by atoms with E-state index in [0.717, 1.165) is 34.9 Å². The van der Waals surface area contributed by atoms with Gasteiger partial charge in [-0.3, -0.25) is 5.10 Å². The fourth-order valence-corrected chi connectivity index (χ4v) is 2.95. The first-order valence-electron chi connectivity index (χ1n) is 6.89. The average molecular weight is 397 g/mol. The van der Waals surface area contributed by atoms with Crippen LogP contribution in [0.5, 0.6) is 5.75 Å². The van der Waals surface area contributed by atoms with Gasteiger partial charge in [0.15, 0.2) is 0 Å². The zero-order chi connectivity index (χ0) is 16.8. The first-order valence-corrected chi connectivity index (χ1v) is 8.50. The van der Waals surface area contributed by atoms with E-state index in [1.807, 2.05) is 13.0 Å². The maximum absolute atomic E-state index is 11.4. The van der Waals surface area contributed by atoms with Crippen LogP contribution >= 0.6 is 27.7 Å². The van der Waals surface area contributed by atoms with Crippen LogP contribution in [0.15, 0.2) is 32.7 Å². The van der Waals surface area contributed by atoms with Gasteiger partial charge in [0, 0.05) is 21.4 Å². The molecule has 0 fully saturated rings. The normalized spacial score (nSPS) is 11.5. The predicted molar refractivity (Wildman–Crippen MR) is 89.9 cm³/mol. The minimum Gasteiger partial charge on any atom is -0.544 e. The summed E-state index contributed by atoms with van der Waals surface area (Å²) in [5, 5.41) is 18.6. The number of aromatic nitrogens is 3. The highest BCUT2D eigenvalue weighted by Gasteiger charge is 2.10. The SMILES string of the molecule is CCCc1nc(S/C(=C\c2cc(Br)ccc2OC)C(=O)[O-])n[nH]1. The highest BCUT2D eigenvalue weighted by Crippen LogP contribution is 2.30. The Kier molecular flexibility index (Phi) is 6.23. The first kappa shape index (κ1) is 17.6. The number of methoxy groups -OCH3 is 1. The second-order valence-electron chi connectivity index (χ2n) is 4.60. The van der Waals surface area contributed by atoms with Crippen molar-refractivity contribution in [2.45, 2.75) is 24.9 Å². The van der Waals surface area contributed by atoms with Crippen LogP contribution in [0.4, 0.5) is 0 Å². The molecule has 0 atom stereocenters. The maximum Gasteiger partial charge on any atom is 0.213 e. The van der Waals surface area contributed by atoms with Gasteiger partial charge >= 0.3 is 0 Å². The van der Waals surface area contributed by atoms with Crippen molar-refractivity contribution >= 4 is 39.7 Å². The van der Waals surface area contributed by atoms with E-state index in [0.29, 0.717) is 16.5 Å². The van der Waals surface area contributed by atoms with Crippen molar-refractivity contribution in [3.63, 3.8) is 0 Å². The molecule has 6 nitrogen and oxygen atoms in total. The van der Waals surface area contributed by atoms with E-state index in [-0.39, 0.29) is 4.91 Å². The van der Waals surface area contributed by atoms with Gasteiger partial charge in [0.1, 0.15) is 11.6 Å². The summed E-state index contributed by atoms with van der Waals surface area (Å²) in [5.41, 5.74) is 0.623. The maximum atomic E-state index is 11.4. The van der Waals surface area contributed by atoms with Crippen LogP contribution in [0, 0.1) is 0 Å². The van der Waals surface area contributed by atoms with Crippen LogP contribution in [0.3, 0.4) is 0 Å². The number of hydrogen-bond donors (Lipinski definition) is 1. The Morgan fingerprint density at radius 2 is 2.30 bits per heavy atom. The molecule has 0 amide bonds. The van der Waals surface area contributed by atoms with Crippen LogP contribution < -0.4 is 9.84 Å². The molecule has 2 aromatic rings. The Morgan fingerprint density at radius 1 is 1.52 bits per heavy atom.